The van der Waals surface area contributed by atoms with E-state index < -0.39 is 36.0 Å². The van der Waals surface area contributed by atoms with E-state index in [4.69, 9.17) is 16.3 Å². The molecule has 0 bridgehead atoms. The number of anilines is 1. The Labute approximate surface area is 269 Å². The third-order valence-corrected chi connectivity index (χ3v) is 9.89. The molecule has 1 fully saturated rings. The van der Waals surface area contributed by atoms with Crippen LogP contribution in [0.15, 0.2) is 100 Å². The van der Waals surface area contributed by atoms with Crippen molar-refractivity contribution in [3.63, 3.8) is 0 Å². The van der Waals surface area contributed by atoms with Crippen molar-refractivity contribution >= 4 is 40.7 Å². The van der Waals surface area contributed by atoms with E-state index in [0.29, 0.717) is 5.75 Å². The number of thioether (sulfide) groups is 1. The Morgan fingerprint density at radius 2 is 1.73 bits per heavy atom. The number of Topliss-reactive ketones (excluding diaryl/α,β-unsaturated/α-hetero) is 1. The lowest BCUT2D eigenvalue weighted by atomic mass is 9.86. The van der Waals surface area contributed by atoms with Crippen molar-refractivity contribution in [1.29, 1.82) is 0 Å². The summed E-state index contributed by atoms with van der Waals surface area (Å²) in [6.45, 7) is 0.533. The Morgan fingerprint density at radius 1 is 1.02 bits per heavy atom. The van der Waals surface area contributed by atoms with E-state index in [-0.39, 0.29) is 29.6 Å². The summed E-state index contributed by atoms with van der Waals surface area (Å²) in [5.41, 5.74) is 4.29. The lowest BCUT2D eigenvalue weighted by molar-refractivity contribution is -0.193. The molecule has 0 radical (unpaired) electrons. The molecule has 1 saturated heterocycles. The number of carbonyl (C=O) groups is 2. The highest BCUT2D eigenvalue weighted by Crippen LogP contribution is 2.49. The first-order valence-corrected chi connectivity index (χ1v) is 15.8. The minimum Gasteiger partial charge on any atom is -0.484 e. The van der Waals surface area contributed by atoms with Crippen LogP contribution in [0.5, 0.6) is 0 Å². The van der Waals surface area contributed by atoms with Gasteiger partial charge in [-0.3, -0.25) is 14.5 Å². The van der Waals surface area contributed by atoms with Crippen molar-refractivity contribution in [3.05, 3.63) is 117 Å². The number of ketones is 1. The van der Waals surface area contributed by atoms with Gasteiger partial charge in [-0.15, -0.1) is 11.8 Å². The average Bonchev–Trinajstić information content (AvgIpc) is 3.18. The van der Waals surface area contributed by atoms with Gasteiger partial charge in [-0.05, 0) is 41.8 Å². The monoisotopic (exact) mass is 653 g/mol. The van der Waals surface area contributed by atoms with Gasteiger partial charge in [0.2, 0.25) is 5.78 Å². The summed E-state index contributed by atoms with van der Waals surface area (Å²) in [5.74, 6) is -1.33. The van der Waals surface area contributed by atoms with Crippen LogP contribution in [0.3, 0.4) is 0 Å². The number of fused-ring (bicyclic) bond motifs is 3. The lowest BCUT2D eigenvalue weighted by Crippen LogP contribution is -2.61. The van der Waals surface area contributed by atoms with Gasteiger partial charge in [0.25, 0.3) is 5.91 Å². The molecule has 0 saturated carbocycles. The molecule has 2 aliphatic heterocycles. The highest BCUT2D eigenvalue weighted by molar-refractivity contribution is 7.98. The van der Waals surface area contributed by atoms with Gasteiger partial charge >= 0.3 is 6.18 Å². The Hall–Kier alpha value is -3.73. The highest BCUT2D eigenvalue weighted by Gasteiger charge is 2.52. The molecule has 2 heterocycles. The Bertz CT molecular complexity index is 1710. The zero-order valence-electron chi connectivity index (χ0n) is 24.8. The summed E-state index contributed by atoms with van der Waals surface area (Å²) in [6.07, 6.45) is -3.24. The zero-order valence-corrected chi connectivity index (χ0v) is 26.4. The first-order chi connectivity index (χ1) is 21.5. The van der Waals surface area contributed by atoms with E-state index >= 15 is 0 Å². The predicted molar refractivity (Wildman–Crippen MR) is 169 cm³/mol. The molecular formula is C34H31ClF3N3O3S. The Balaban J connectivity index is 1.59. The van der Waals surface area contributed by atoms with Crippen LogP contribution in [0.25, 0.3) is 0 Å². The number of ether oxygens (including phenoxy) is 1. The smallest absolute Gasteiger partial charge is 0.408 e. The minimum atomic E-state index is -4.71. The van der Waals surface area contributed by atoms with E-state index in [1.54, 1.807) is 36.0 Å². The number of benzene rings is 3. The second-order valence-corrected chi connectivity index (χ2v) is 12.9. The number of hydrogen-bond donors (Lipinski definition) is 0. The third-order valence-electron chi connectivity index (χ3n) is 8.46. The third kappa shape index (κ3) is 5.75. The molecule has 3 aromatic rings. The van der Waals surface area contributed by atoms with Crippen LogP contribution in [0.4, 0.5) is 18.9 Å². The maximum atomic E-state index is 14.3. The van der Waals surface area contributed by atoms with E-state index in [1.807, 2.05) is 72.4 Å². The molecule has 0 N–H and O–H groups in total. The normalized spacial score (nSPS) is 21.0. The molecule has 6 nitrogen and oxygen atoms in total. The summed E-state index contributed by atoms with van der Waals surface area (Å²) < 4.78 is 49.1. The van der Waals surface area contributed by atoms with Crippen molar-refractivity contribution in [3.8, 4) is 0 Å². The molecule has 3 aromatic carbocycles. The van der Waals surface area contributed by atoms with Gasteiger partial charge in [0, 0.05) is 36.0 Å². The van der Waals surface area contributed by atoms with E-state index in [2.05, 4.69) is 0 Å². The number of allylic oxidation sites excluding steroid dienone is 1. The zero-order chi connectivity index (χ0) is 32.0. The molecule has 0 spiro atoms. The largest absolute Gasteiger partial charge is 0.484 e. The summed E-state index contributed by atoms with van der Waals surface area (Å²) in [6, 6.07) is 19.1. The van der Waals surface area contributed by atoms with Crippen molar-refractivity contribution in [2.24, 2.45) is 0 Å². The van der Waals surface area contributed by atoms with Gasteiger partial charge in [-0.1, -0.05) is 72.3 Å². The van der Waals surface area contributed by atoms with E-state index in [0.717, 1.165) is 44.7 Å². The summed E-state index contributed by atoms with van der Waals surface area (Å²) in [5, 5.41) is -0.153. The quantitative estimate of drug-likeness (QED) is 0.284. The maximum Gasteiger partial charge on any atom is 0.408 e. The molecule has 3 aliphatic rings. The van der Waals surface area contributed by atoms with Crippen LogP contribution in [-0.4, -0.2) is 60.5 Å². The predicted octanol–water partition coefficient (Wildman–Crippen LogP) is 7.05. The fourth-order valence-electron chi connectivity index (χ4n) is 6.15. The van der Waals surface area contributed by atoms with Gasteiger partial charge < -0.3 is 14.5 Å². The average molecular weight is 654 g/mol. The number of rotatable bonds is 6. The molecule has 1 aliphatic carbocycles. The summed E-state index contributed by atoms with van der Waals surface area (Å²) >= 11 is 8.21. The van der Waals surface area contributed by atoms with Crippen LogP contribution in [0, 0.1) is 0 Å². The minimum absolute atomic E-state index is 0.0685. The Morgan fingerprint density at radius 3 is 2.44 bits per heavy atom. The molecule has 1 unspecified atom stereocenters. The molecule has 6 rings (SSSR count). The first kappa shape index (κ1) is 31.3. The van der Waals surface area contributed by atoms with Crippen molar-refractivity contribution in [1.82, 2.24) is 9.80 Å². The molecule has 3 atom stereocenters. The fourth-order valence-corrected chi connectivity index (χ4v) is 7.43. The molecule has 1 amide bonds. The van der Waals surface area contributed by atoms with Crippen molar-refractivity contribution in [2.45, 2.75) is 48.5 Å². The number of amides is 1. The van der Waals surface area contributed by atoms with Gasteiger partial charge in [-0.25, -0.2) is 0 Å². The molecule has 234 valence electrons. The molecule has 0 aromatic heterocycles. The lowest BCUT2D eigenvalue weighted by Gasteiger charge is -2.49. The van der Waals surface area contributed by atoms with Gasteiger partial charge in [0.05, 0.1) is 29.4 Å². The Kier molecular flexibility index (Phi) is 8.49. The molecule has 45 heavy (non-hydrogen) atoms. The van der Waals surface area contributed by atoms with Gasteiger partial charge in [0.1, 0.15) is 12.6 Å². The highest BCUT2D eigenvalue weighted by atomic mass is 35.5. The summed E-state index contributed by atoms with van der Waals surface area (Å²) in [7, 11) is 3.84. The van der Waals surface area contributed by atoms with Crippen LogP contribution in [-0.2, 0) is 26.7 Å². The van der Waals surface area contributed by atoms with Crippen LogP contribution < -0.4 is 4.90 Å². The number of halogens is 4. The van der Waals surface area contributed by atoms with Gasteiger partial charge in [0.15, 0.2) is 5.76 Å². The van der Waals surface area contributed by atoms with Crippen molar-refractivity contribution < 1.29 is 27.5 Å². The summed E-state index contributed by atoms with van der Waals surface area (Å²) in [4.78, 5) is 33.2. The second-order valence-electron chi connectivity index (χ2n) is 11.4. The van der Waals surface area contributed by atoms with Crippen LogP contribution in [0.1, 0.15) is 35.2 Å². The van der Waals surface area contributed by atoms with Gasteiger partial charge in [-0.2, -0.15) is 13.2 Å². The standard InChI is InChI=1S/C34H31ClF3N3O3S/c1-20(34(36,37)38)40-19-41(26-16-24(35)31(42)32(29(26)33(40)43)44-17-21-10-5-4-6-11-21)30-23-13-7-8-15-27(23)45-18-22-12-9-14-25(28(22)30)39(2)3/h4-16,20,26,30H,17-19H2,1-3H3/t20-,26?,30-/m1/s1. The van der Waals surface area contributed by atoms with Crippen LogP contribution in [0.2, 0.25) is 0 Å². The topological polar surface area (TPSA) is 53.1 Å². The van der Waals surface area contributed by atoms with Crippen molar-refractivity contribution in [2.75, 3.05) is 25.7 Å². The molecule has 11 heteroatoms. The second kappa shape index (κ2) is 12.2. The van der Waals surface area contributed by atoms with Crippen LogP contribution >= 0.6 is 23.4 Å². The number of nitrogens with zero attached hydrogens (tertiary/aromatic N) is 3. The van der Waals surface area contributed by atoms with E-state index in [1.165, 1.54) is 6.08 Å². The molecular weight excluding hydrogens is 623 g/mol. The number of alkyl halides is 3. The SMILES string of the molecule is C[C@@H](N1CN([C@@H]2c3ccccc3SCc3cccc(N(C)C)c32)C2C=C(Cl)C(=O)C(OCc3ccccc3)=C2C1=O)C(F)(F)F. The number of hydrogen-bond acceptors (Lipinski definition) is 6. The maximum absolute atomic E-state index is 14.3. The van der Waals surface area contributed by atoms with E-state index in [9.17, 15) is 22.8 Å². The number of carbonyl (C=O) groups excluding carboxylic acids is 2. The first-order valence-electron chi connectivity index (χ1n) is 14.4. The fraction of sp³-hybridized carbons (Fsp3) is 0.294.